The van der Waals surface area contributed by atoms with Crippen LogP contribution in [-0.2, 0) is 10.0 Å². The molecule has 0 saturated heterocycles. The van der Waals surface area contributed by atoms with Crippen molar-refractivity contribution in [3.63, 3.8) is 0 Å². The summed E-state index contributed by atoms with van der Waals surface area (Å²) in [5, 5.41) is 9.29. The number of hydrazone groups is 1. The van der Waals surface area contributed by atoms with Crippen molar-refractivity contribution >= 4 is 31.7 Å². The lowest BCUT2D eigenvalue weighted by Crippen LogP contribution is -2.27. The van der Waals surface area contributed by atoms with Crippen LogP contribution in [0.4, 0.5) is 0 Å². The van der Waals surface area contributed by atoms with Crippen LogP contribution in [0.15, 0.2) is 106 Å². The van der Waals surface area contributed by atoms with E-state index in [0.717, 1.165) is 32.7 Å². The molecule has 1 aliphatic heterocycles. The zero-order chi connectivity index (χ0) is 23.0. The van der Waals surface area contributed by atoms with Crippen LogP contribution in [-0.4, -0.2) is 28.3 Å². The average molecular weight is 521 g/mol. The highest BCUT2D eigenvalue weighted by Crippen LogP contribution is 2.38. The maximum atomic E-state index is 13.6. The molecular formula is C25H21BrN4O2S. The largest absolute Gasteiger partial charge is 0.279 e. The lowest BCUT2D eigenvalue weighted by molar-refractivity contribution is 0.370. The van der Waals surface area contributed by atoms with Gasteiger partial charge in [0.2, 0.25) is 0 Å². The van der Waals surface area contributed by atoms with Gasteiger partial charge < -0.3 is 0 Å². The molecule has 0 saturated carbocycles. The van der Waals surface area contributed by atoms with E-state index in [1.165, 1.54) is 4.41 Å². The smallest absolute Gasteiger partial charge is 0.240 e. The van der Waals surface area contributed by atoms with Crippen LogP contribution < -0.4 is 0 Å². The molecule has 8 heteroatoms. The first-order valence-electron chi connectivity index (χ1n) is 10.5. The van der Waals surface area contributed by atoms with Gasteiger partial charge >= 0.3 is 0 Å². The lowest BCUT2D eigenvalue weighted by Gasteiger charge is -2.22. The van der Waals surface area contributed by atoms with Crippen molar-refractivity contribution < 1.29 is 8.42 Å². The predicted octanol–water partition coefficient (Wildman–Crippen LogP) is 5.48. The van der Waals surface area contributed by atoms with Crippen molar-refractivity contribution in [3.8, 4) is 5.69 Å². The molecule has 0 aliphatic carbocycles. The molecule has 0 radical (unpaired) electrons. The van der Waals surface area contributed by atoms with Crippen LogP contribution in [0.3, 0.4) is 0 Å². The van der Waals surface area contributed by atoms with E-state index < -0.39 is 16.1 Å². The molecule has 0 amide bonds. The first-order valence-corrected chi connectivity index (χ1v) is 12.7. The van der Waals surface area contributed by atoms with Gasteiger partial charge in [0.15, 0.2) is 0 Å². The Labute approximate surface area is 201 Å². The van der Waals surface area contributed by atoms with E-state index in [-0.39, 0.29) is 4.90 Å². The zero-order valence-electron chi connectivity index (χ0n) is 17.8. The summed E-state index contributed by atoms with van der Waals surface area (Å²) in [7, 11) is -3.86. The summed E-state index contributed by atoms with van der Waals surface area (Å²) in [6.07, 6.45) is 2.36. The number of benzene rings is 3. The summed E-state index contributed by atoms with van der Waals surface area (Å²) in [6, 6.07) is 25.5. The number of hydrogen-bond donors (Lipinski definition) is 0. The van der Waals surface area contributed by atoms with Crippen molar-refractivity contribution in [2.45, 2.75) is 24.3 Å². The molecule has 1 unspecified atom stereocenters. The van der Waals surface area contributed by atoms with Crippen molar-refractivity contribution in [2.75, 3.05) is 0 Å². The number of halogens is 1. The lowest BCUT2D eigenvalue weighted by atomic mass is 10.00. The Hall–Kier alpha value is -3.23. The Morgan fingerprint density at radius 1 is 0.909 bits per heavy atom. The van der Waals surface area contributed by atoms with E-state index in [4.69, 9.17) is 0 Å². The van der Waals surface area contributed by atoms with Crippen molar-refractivity contribution in [1.29, 1.82) is 0 Å². The van der Waals surface area contributed by atoms with Crippen LogP contribution in [0.1, 0.15) is 29.3 Å². The first-order chi connectivity index (χ1) is 15.9. The summed E-state index contributed by atoms with van der Waals surface area (Å²) in [6.45, 7) is 1.90. The van der Waals surface area contributed by atoms with E-state index in [0.29, 0.717) is 6.42 Å². The molecule has 1 atom stereocenters. The monoisotopic (exact) mass is 520 g/mol. The fraction of sp³-hybridized carbons (Fsp3) is 0.120. The predicted molar refractivity (Wildman–Crippen MR) is 132 cm³/mol. The van der Waals surface area contributed by atoms with Crippen LogP contribution in [0.2, 0.25) is 0 Å². The standard InChI is InChI=1S/C25H21BrN4O2S/c1-18-23(17-29(27-18)21-8-4-2-5-9-21)25-16-24(19-12-14-20(26)15-13-19)28-30(25)33(31,32)22-10-6-3-7-11-22/h2-15,17,25H,16H2,1H3. The molecule has 0 bridgehead atoms. The third-order valence-corrected chi connectivity index (χ3v) is 7.88. The van der Waals surface area contributed by atoms with Gasteiger partial charge in [-0.2, -0.15) is 23.0 Å². The van der Waals surface area contributed by atoms with E-state index in [1.807, 2.05) is 67.7 Å². The minimum absolute atomic E-state index is 0.212. The Balaban J connectivity index is 1.60. The van der Waals surface area contributed by atoms with Gasteiger partial charge in [-0.05, 0) is 48.9 Å². The number of sulfonamides is 1. The highest BCUT2D eigenvalue weighted by atomic mass is 79.9. The van der Waals surface area contributed by atoms with Gasteiger partial charge in [-0.3, -0.25) is 0 Å². The minimum Gasteiger partial charge on any atom is -0.240 e. The topological polar surface area (TPSA) is 67.6 Å². The van der Waals surface area contributed by atoms with Crippen molar-refractivity contribution in [1.82, 2.24) is 14.2 Å². The molecule has 5 rings (SSSR count). The molecule has 33 heavy (non-hydrogen) atoms. The van der Waals surface area contributed by atoms with E-state index >= 15 is 0 Å². The fourth-order valence-corrected chi connectivity index (χ4v) is 5.68. The number of aryl methyl sites for hydroxylation is 1. The average Bonchev–Trinajstić information content (AvgIpc) is 3.45. The Bertz CT molecular complexity index is 1420. The summed E-state index contributed by atoms with van der Waals surface area (Å²) in [5.41, 5.74) is 4.12. The Morgan fingerprint density at radius 3 is 2.21 bits per heavy atom. The van der Waals surface area contributed by atoms with Crippen molar-refractivity contribution in [2.24, 2.45) is 5.10 Å². The maximum absolute atomic E-state index is 13.6. The van der Waals surface area contributed by atoms with Gasteiger partial charge in [-0.25, -0.2) is 4.68 Å². The molecule has 1 aliphatic rings. The molecule has 0 fully saturated rings. The molecule has 166 valence electrons. The number of rotatable bonds is 5. The normalized spacial score (nSPS) is 16.1. The molecule has 0 spiro atoms. The molecule has 0 N–H and O–H groups in total. The number of hydrogen-bond acceptors (Lipinski definition) is 4. The second kappa shape index (κ2) is 8.61. The third kappa shape index (κ3) is 4.12. The van der Waals surface area contributed by atoms with Gasteiger partial charge in [-0.1, -0.05) is 64.5 Å². The van der Waals surface area contributed by atoms with Gasteiger partial charge in [0.1, 0.15) is 0 Å². The highest BCUT2D eigenvalue weighted by Gasteiger charge is 2.39. The summed E-state index contributed by atoms with van der Waals surface area (Å²) < 4.78 is 31.2. The second-order valence-corrected chi connectivity index (χ2v) is 10.5. The third-order valence-electron chi connectivity index (χ3n) is 5.65. The number of nitrogens with zero attached hydrogens (tertiary/aromatic N) is 4. The quantitative estimate of drug-likeness (QED) is 0.349. The SMILES string of the molecule is Cc1nn(-c2ccccc2)cc1C1CC(c2ccc(Br)cc2)=NN1S(=O)(=O)c1ccccc1. The van der Waals surface area contributed by atoms with Crippen LogP contribution in [0.5, 0.6) is 0 Å². The van der Waals surface area contributed by atoms with E-state index in [1.54, 1.807) is 35.0 Å². The van der Waals surface area contributed by atoms with E-state index in [9.17, 15) is 8.42 Å². The molecule has 4 aromatic rings. The molecule has 3 aromatic carbocycles. The summed E-state index contributed by atoms with van der Waals surface area (Å²) in [5.74, 6) is 0. The number of aromatic nitrogens is 2. The van der Waals surface area contributed by atoms with Gasteiger partial charge in [0.05, 0.1) is 28.0 Å². The molecular weight excluding hydrogens is 500 g/mol. The summed E-state index contributed by atoms with van der Waals surface area (Å²) >= 11 is 3.45. The highest BCUT2D eigenvalue weighted by molar-refractivity contribution is 9.10. The fourth-order valence-electron chi connectivity index (χ4n) is 3.97. The van der Waals surface area contributed by atoms with Crippen LogP contribution in [0, 0.1) is 6.92 Å². The van der Waals surface area contributed by atoms with Gasteiger partial charge in [0.25, 0.3) is 10.0 Å². The zero-order valence-corrected chi connectivity index (χ0v) is 20.2. The molecule has 6 nitrogen and oxygen atoms in total. The van der Waals surface area contributed by atoms with E-state index in [2.05, 4.69) is 26.1 Å². The van der Waals surface area contributed by atoms with Gasteiger partial charge in [-0.15, -0.1) is 0 Å². The number of para-hydroxylation sites is 1. The molecule has 2 heterocycles. The Kier molecular flexibility index (Phi) is 5.64. The van der Waals surface area contributed by atoms with Gasteiger partial charge in [0, 0.05) is 22.7 Å². The second-order valence-electron chi connectivity index (χ2n) is 7.81. The maximum Gasteiger partial charge on any atom is 0.279 e. The summed E-state index contributed by atoms with van der Waals surface area (Å²) in [4.78, 5) is 0.212. The minimum atomic E-state index is -3.86. The first kappa shape index (κ1) is 21.6. The van der Waals surface area contributed by atoms with Crippen molar-refractivity contribution in [3.05, 3.63) is 112 Å². The van der Waals surface area contributed by atoms with Crippen LogP contribution in [0.25, 0.3) is 5.69 Å². The molecule has 1 aromatic heterocycles. The Morgan fingerprint density at radius 2 is 1.55 bits per heavy atom. The van der Waals surface area contributed by atoms with Crippen LogP contribution >= 0.6 is 15.9 Å².